The first kappa shape index (κ1) is 52.3. The van der Waals surface area contributed by atoms with Crippen molar-refractivity contribution in [3.63, 3.8) is 0 Å². The van der Waals surface area contributed by atoms with Crippen LogP contribution in [0.25, 0.3) is 0 Å². The van der Waals surface area contributed by atoms with Gasteiger partial charge in [0.1, 0.15) is 37.9 Å². The zero-order valence-corrected chi connectivity index (χ0v) is 41.0. The van der Waals surface area contributed by atoms with Gasteiger partial charge in [-0.3, -0.25) is 9.59 Å². The van der Waals surface area contributed by atoms with Gasteiger partial charge >= 0.3 is 23.9 Å². The molecule has 2 aromatic rings. The van der Waals surface area contributed by atoms with Crippen molar-refractivity contribution in [1.29, 1.82) is 0 Å². The number of carbonyl (C=O) groups is 4. The van der Waals surface area contributed by atoms with Gasteiger partial charge in [0.05, 0.1) is 31.1 Å². The van der Waals surface area contributed by atoms with Crippen molar-refractivity contribution in [3.8, 4) is 11.5 Å². The van der Waals surface area contributed by atoms with Crippen LogP contribution in [0.2, 0.25) is 0 Å². The number of ether oxygens (including phenoxy) is 6. The second kappa shape index (κ2) is 25.7. The molecule has 0 radical (unpaired) electrons. The average molecular weight is 1050 g/mol. The highest BCUT2D eigenvalue weighted by Gasteiger charge is 2.28. The molecule has 0 fully saturated rings. The summed E-state index contributed by atoms with van der Waals surface area (Å²) in [6.45, 7) is 27.1. The topological polar surface area (TPSA) is 124 Å². The normalized spacial score (nSPS) is 11.3. The predicted molar refractivity (Wildman–Crippen MR) is 238 cm³/mol. The molecule has 0 unspecified atom stereocenters. The van der Waals surface area contributed by atoms with E-state index in [9.17, 15) is 19.2 Å². The SMILES string of the molecule is C=C(C)C(=O)OCCCC(=O)OCCOc1c(Br)cc(C(C)(C)C(C)C)cc1Br.C=CC(=O)OCCCC(=O)OCCOc1c(Br)cc(C(C)(C)C(C)C)cc1Br. The van der Waals surface area contributed by atoms with Crippen molar-refractivity contribution in [3.05, 3.63) is 78.1 Å². The lowest BCUT2D eigenvalue weighted by atomic mass is 9.75. The van der Waals surface area contributed by atoms with Crippen molar-refractivity contribution < 1.29 is 47.6 Å². The van der Waals surface area contributed by atoms with E-state index in [1.54, 1.807) is 6.92 Å². The minimum absolute atomic E-state index is 0.0256. The lowest BCUT2D eigenvalue weighted by Gasteiger charge is -2.30. The first-order valence-corrected chi connectivity index (χ1v) is 21.9. The third kappa shape index (κ3) is 18.4. The lowest BCUT2D eigenvalue weighted by molar-refractivity contribution is -0.146. The molecule has 0 aliphatic heterocycles. The van der Waals surface area contributed by atoms with Crippen molar-refractivity contribution >= 4 is 87.6 Å². The van der Waals surface area contributed by atoms with E-state index >= 15 is 0 Å². The fraction of sp³-hybridized carbons (Fsp3) is 0.535. The van der Waals surface area contributed by atoms with E-state index in [0.717, 1.165) is 24.0 Å². The summed E-state index contributed by atoms with van der Waals surface area (Å²) in [7, 11) is 0. The molecule has 2 aromatic carbocycles. The van der Waals surface area contributed by atoms with Crippen LogP contribution in [0, 0.1) is 11.8 Å². The summed E-state index contributed by atoms with van der Waals surface area (Å²) in [6.07, 6.45) is 2.25. The summed E-state index contributed by atoms with van der Waals surface area (Å²) in [6, 6.07) is 8.27. The largest absolute Gasteiger partial charge is 0.488 e. The fourth-order valence-electron chi connectivity index (χ4n) is 4.50. The molecular formula is C43H58Br4O10. The van der Waals surface area contributed by atoms with Crippen molar-refractivity contribution in [2.75, 3.05) is 39.6 Å². The molecule has 2 rings (SSSR count). The van der Waals surface area contributed by atoms with E-state index in [1.807, 2.05) is 0 Å². The maximum absolute atomic E-state index is 11.7. The Hall–Kier alpha value is -2.68. The molecule has 0 amide bonds. The van der Waals surface area contributed by atoms with E-state index in [4.69, 9.17) is 28.4 Å². The number of rotatable bonds is 22. The Morgan fingerprint density at radius 2 is 0.965 bits per heavy atom. The Kier molecular flexibility index (Phi) is 23.6. The third-order valence-electron chi connectivity index (χ3n) is 9.60. The highest BCUT2D eigenvalue weighted by molar-refractivity contribution is 9.11. The first-order chi connectivity index (χ1) is 26.6. The molecule has 10 nitrogen and oxygen atoms in total. The zero-order chi connectivity index (χ0) is 43.5. The second-order valence-electron chi connectivity index (χ2n) is 14.9. The molecule has 0 N–H and O–H groups in total. The fourth-order valence-corrected chi connectivity index (χ4v) is 7.33. The number of hydrogen-bond donors (Lipinski definition) is 0. The van der Waals surface area contributed by atoms with E-state index in [-0.39, 0.29) is 75.3 Å². The van der Waals surface area contributed by atoms with Gasteiger partial charge in [-0.15, -0.1) is 0 Å². The monoisotopic (exact) mass is 1050 g/mol. The Morgan fingerprint density at radius 1 is 0.614 bits per heavy atom. The maximum Gasteiger partial charge on any atom is 0.333 e. The summed E-state index contributed by atoms with van der Waals surface area (Å²) < 4.78 is 35.0. The maximum atomic E-state index is 11.7. The summed E-state index contributed by atoms with van der Waals surface area (Å²) in [5, 5.41) is 0. The number of halogens is 4. The van der Waals surface area contributed by atoms with Crippen LogP contribution >= 0.6 is 63.7 Å². The summed E-state index contributed by atoms with van der Waals surface area (Å²) >= 11 is 14.3. The third-order valence-corrected chi connectivity index (χ3v) is 12.0. The molecule has 318 valence electrons. The molecule has 0 heterocycles. The molecule has 0 saturated carbocycles. The van der Waals surface area contributed by atoms with Gasteiger partial charge < -0.3 is 28.4 Å². The predicted octanol–water partition coefficient (Wildman–Crippen LogP) is 11.5. The zero-order valence-electron chi connectivity index (χ0n) is 34.6. The van der Waals surface area contributed by atoms with Crippen molar-refractivity contribution in [1.82, 2.24) is 0 Å². The van der Waals surface area contributed by atoms with Gasteiger partial charge in [-0.05, 0) is 142 Å². The molecule has 14 heteroatoms. The molecule has 0 atom stereocenters. The Labute approximate surface area is 372 Å². The summed E-state index contributed by atoms with van der Waals surface area (Å²) in [5.41, 5.74) is 2.80. The van der Waals surface area contributed by atoms with E-state index < -0.39 is 11.9 Å². The van der Waals surface area contributed by atoms with Crippen LogP contribution in [0.5, 0.6) is 11.5 Å². The van der Waals surface area contributed by atoms with Gasteiger partial charge in [0.15, 0.2) is 0 Å². The van der Waals surface area contributed by atoms with Crippen LogP contribution in [0.1, 0.15) is 99.1 Å². The Bertz CT molecular complexity index is 1640. The van der Waals surface area contributed by atoms with Gasteiger partial charge in [-0.1, -0.05) is 68.5 Å². The van der Waals surface area contributed by atoms with Crippen LogP contribution in [0.15, 0.2) is 67.0 Å². The van der Waals surface area contributed by atoms with Crippen molar-refractivity contribution in [2.24, 2.45) is 11.8 Å². The van der Waals surface area contributed by atoms with Crippen LogP contribution < -0.4 is 9.47 Å². The highest BCUT2D eigenvalue weighted by atomic mass is 79.9. The standard InChI is InChI=1S/C22H30Br2O5.C21H28Br2O5/c1-14(2)21(26)29-9-7-8-19(25)27-10-11-28-20-17(23)12-16(13-18(20)24)22(5,6)15(3)4;1-6-18(24)26-9-7-8-19(25)27-10-11-28-20-16(22)12-15(13-17(20)23)21(4,5)14(2)3/h12-13,15H,1,7-11H2,2-6H3;6,12-14H,1,7-11H2,2-5H3. The molecule has 0 spiro atoms. The minimum Gasteiger partial charge on any atom is -0.488 e. The van der Waals surface area contributed by atoms with Crippen molar-refractivity contribution in [2.45, 2.75) is 98.8 Å². The molecule has 0 aliphatic rings. The average Bonchev–Trinajstić information content (AvgIpc) is 3.13. The van der Waals surface area contributed by atoms with Gasteiger partial charge in [0, 0.05) is 24.5 Å². The van der Waals surface area contributed by atoms with E-state index in [2.05, 4.69) is 157 Å². The molecule has 0 aliphatic carbocycles. The molecular weight excluding hydrogens is 996 g/mol. The second-order valence-corrected chi connectivity index (χ2v) is 18.3. The Morgan fingerprint density at radius 3 is 1.28 bits per heavy atom. The smallest absolute Gasteiger partial charge is 0.333 e. The van der Waals surface area contributed by atoms with Gasteiger partial charge in [0.25, 0.3) is 0 Å². The molecule has 0 aromatic heterocycles. The number of esters is 4. The lowest BCUT2D eigenvalue weighted by Crippen LogP contribution is -2.24. The van der Waals surface area contributed by atoms with Gasteiger partial charge in [-0.25, -0.2) is 9.59 Å². The van der Waals surface area contributed by atoms with Gasteiger partial charge in [-0.2, -0.15) is 0 Å². The Balaban J connectivity index is 0.000000570. The van der Waals surface area contributed by atoms with Crippen LogP contribution in [-0.4, -0.2) is 63.5 Å². The molecule has 0 saturated heterocycles. The van der Waals surface area contributed by atoms with Crippen LogP contribution in [0.3, 0.4) is 0 Å². The highest BCUT2D eigenvalue weighted by Crippen LogP contribution is 2.42. The summed E-state index contributed by atoms with van der Waals surface area (Å²) in [5.74, 6) is 0.658. The van der Waals surface area contributed by atoms with E-state index in [0.29, 0.717) is 41.7 Å². The van der Waals surface area contributed by atoms with E-state index in [1.165, 1.54) is 11.1 Å². The van der Waals surface area contributed by atoms with Crippen LogP contribution in [0.4, 0.5) is 0 Å². The first-order valence-electron chi connectivity index (χ1n) is 18.7. The number of carbonyl (C=O) groups excluding carboxylic acids is 4. The quantitative estimate of drug-likeness (QED) is 0.0487. The van der Waals surface area contributed by atoms with Crippen LogP contribution in [-0.2, 0) is 49.0 Å². The minimum atomic E-state index is -0.499. The number of benzene rings is 2. The molecule has 57 heavy (non-hydrogen) atoms. The summed E-state index contributed by atoms with van der Waals surface area (Å²) in [4.78, 5) is 45.5. The molecule has 0 bridgehead atoms. The van der Waals surface area contributed by atoms with Gasteiger partial charge in [0.2, 0.25) is 0 Å². The number of hydrogen-bond acceptors (Lipinski definition) is 10.